The fourth-order valence-electron chi connectivity index (χ4n) is 2.31. The molecule has 3 nitrogen and oxygen atoms in total. The van der Waals surface area contributed by atoms with Crippen LogP contribution in [0.3, 0.4) is 0 Å². The van der Waals surface area contributed by atoms with Crippen molar-refractivity contribution in [2.75, 3.05) is 5.32 Å². The van der Waals surface area contributed by atoms with Gasteiger partial charge in [0.05, 0.1) is 5.69 Å². The predicted molar refractivity (Wildman–Crippen MR) is 93.6 cm³/mol. The number of nitrogens with one attached hydrogen (secondary N) is 1. The van der Waals surface area contributed by atoms with Gasteiger partial charge in [-0.05, 0) is 29.9 Å². The Kier molecular flexibility index (Phi) is 5.07. The lowest BCUT2D eigenvalue weighted by molar-refractivity contribution is 0.589. The van der Waals surface area contributed by atoms with Gasteiger partial charge in [0.25, 0.3) is 0 Å². The van der Waals surface area contributed by atoms with Crippen molar-refractivity contribution in [2.24, 2.45) is 0 Å². The summed E-state index contributed by atoms with van der Waals surface area (Å²) in [6, 6.07) is 8.83. The highest BCUT2D eigenvalue weighted by atomic mass is 35.5. The van der Waals surface area contributed by atoms with Gasteiger partial charge >= 0.3 is 0 Å². The molecule has 0 radical (unpaired) electrons. The first-order valence-corrected chi connectivity index (χ1v) is 8.07. The summed E-state index contributed by atoms with van der Waals surface area (Å²) < 4.78 is 0. The van der Waals surface area contributed by atoms with Gasteiger partial charge < -0.3 is 5.32 Å². The topological polar surface area (TPSA) is 37.8 Å². The molecule has 1 aromatic heterocycles. The van der Waals surface area contributed by atoms with E-state index in [1.807, 2.05) is 6.92 Å². The molecule has 1 heterocycles. The average Bonchev–Trinajstić information content (AvgIpc) is 2.48. The molecule has 0 bridgehead atoms. The number of hydrogen-bond acceptors (Lipinski definition) is 3. The Hall–Kier alpha value is -1.61. The Morgan fingerprint density at radius 1 is 1.14 bits per heavy atom. The van der Waals surface area contributed by atoms with Gasteiger partial charge in [0, 0.05) is 6.04 Å². The highest BCUT2D eigenvalue weighted by Gasteiger charge is 2.15. The molecule has 0 aliphatic heterocycles. The molecule has 0 saturated heterocycles. The largest absolute Gasteiger partial charge is 0.362 e. The molecular weight excluding hydrogens is 294 g/mol. The van der Waals surface area contributed by atoms with Crippen LogP contribution in [0, 0.1) is 0 Å². The minimum atomic E-state index is 0.131. The van der Waals surface area contributed by atoms with Crippen molar-refractivity contribution in [3.8, 4) is 0 Å². The molecule has 0 spiro atoms. The molecule has 4 heteroatoms. The van der Waals surface area contributed by atoms with Gasteiger partial charge in [0.2, 0.25) is 0 Å². The maximum absolute atomic E-state index is 6.34. The third kappa shape index (κ3) is 3.77. The monoisotopic (exact) mass is 317 g/mol. The molecule has 0 amide bonds. The maximum atomic E-state index is 6.34. The van der Waals surface area contributed by atoms with Gasteiger partial charge in [0.1, 0.15) is 17.2 Å². The summed E-state index contributed by atoms with van der Waals surface area (Å²) in [4.78, 5) is 8.45. The summed E-state index contributed by atoms with van der Waals surface area (Å²) in [5.74, 6) is 0.695. The quantitative estimate of drug-likeness (QED) is 0.846. The number of halogens is 1. The number of hydrogen-bond donors (Lipinski definition) is 1. The van der Waals surface area contributed by atoms with E-state index in [0.717, 1.165) is 12.1 Å². The Morgan fingerprint density at radius 2 is 1.77 bits per heavy atom. The number of rotatable bonds is 4. The molecule has 22 heavy (non-hydrogen) atoms. The molecule has 1 atom stereocenters. The van der Waals surface area contributed by atoms with E-state index >= 15 is 0 Å². The molecule has 0 saturated carbocycles. The average molecular weight is 318 g/mol. The second-order valence-electron chi connectivity index (χ2n) is 6.57. The number of aryl methyl sites for hydroxylation is 1. The fourth-order valence-corrected chi connectivity index (χ4v) is 2.60. The van der Waals surface area contributed by atoms with Crippen molar-refractivity contribution < 1.29 is 0 Å². The Labute approximate surface area is 138 Å². The molecule has 1 N–H and O–H groups in total. The smallest absolute Gasteiger partial charge is 0.148 e. The van der Waals surface area contributed by atoms with Crippen LogP contribution >= 0.6 is 11.6 Å². The van der Waals surface area contributed by atoms with Crippen LogP contribution in [0.4, 0.5) is 5.82 Å². The van der Waals surface area contributed by atoms with Crippen LogP contribution in [-0.4, -0.2) is 9.97 Å². The predicted octanol–water partition coefficient (Wildman–Crippen LogP) is 5.16. The molecule has 2 rings (SSSR count). The van der Waals surface area contributed by atoms with Gasteiger partial charge in [-0.1, -0.05) is 63.6 Å². The lowest BCUT2D eigenvalue weighted by Crippen LogP contribution is -2.12. The van der Waals surface area contributed by atoms with Crippen LogP contribution in [-0.2, 0) is 11.8 Å². The highest BCUT2D eigenvalue weighted by Crippen LogP contribution is 2.28. The zero-order valence-electron chi connectivity index (χ0n) is 13.9. The molecule has 1 aromatic carbocycles. The van der Waals surface area contributed by atoms with Crippen molar-refractivity contribution in [3.05, 3.63) is 52.4 Å². The SMILES string of the molecule is CCc1ncnc(NC(C)c2ccc(C(C)(C)C)cc2)c1Cl. The summed E-state index contributed by atoms with van der Waals surface area (Å²) in [6.07, 6.45) is 2.35. The third-order valence-corrected chi connectivity index (χ3v) is 4.22. The van der Waals surface area contributed by atoms with Crippen LogP contribution in [0.25, 0.3) is 0 Å². The van der Waals surface area contributed by atoms with E-state index in [2.05, 4.69) is 67.2 Å². The first-order valence-electron chi connectivity index (χ1n) is 7.69. The minimum absolute atomic E-state index is 0.131. The number of anilines is 1. The lowest BCUT2D eigenvalue weighted by atomic mass is 9.86. The molecule has 2 aromatic rings. The van der Waals surface area contributed by atoms with Crippen molar-refractivity contribution >= 4 is 17.4 Å². The first-order chi connectivity index (χ1) is 10.3. The van der Waals surface area contributed by atoms with Crippen molar-refractivity contribution in [1.82, 2.24) is 9.97 Å². The Morgan fingerprint density at radius 3 is 2.32 bits per heavy atom. The van der Waals surface area contributed by atoms with Gasteiger partial charge in [0.15, 0.2) is 0 Å². The van der Waals surface area contributed by atoms with Crippen LogP contribution in [0.1, 0.15) is 57.5 Å². The van der Waals surface area contributed by atoms with E-state index in [-0.39, 0.29) is 11.5 Å². The van der Waals surface area contributed by atoms with E-state index in [1.54, 1.807) is 6.33 Å². The molecule has 0 aliphatic carbocycles. The van der Waals surface area contributed by atoms with Gasteiger partial charge in [-0.2, -0.15) is 0 Å². The van der Waals surface area contributed by atoms with Crippen molar-refractivity contribution in [2.45, 2.75) is 52.5 Å². The van der Waals surface area contributed by atoms with Crippen LogP contribution < -0.4 is 5.32 Å². The molecule has 118 valence electrons. The molecule has 1 unspecified atom stereocenters. The van der Waals surface area contributed by atoms with Crippen molar-refractivity contribution in [3.63, 3.8) is 0 Å². The standard InChI is InChI=1S/C18H24ClN3/c1-6-15-16(19)17(21-11-20-15)22-12(2)13-7-9-14(10-8-13)18(3,4)5/h7-12H,6H2,1-5H3,(H,20,21,22). The van der Waals surface area contributed by atoms with E-state index in [0.29, 0.717) is 10.8 Å². The number of benzene rings is 1. The third-order valence-electron chi connectivity index (χ3n) is 3.83. The highest BCUT2D eigenvalue weighted by molar-refractivity contribution is 6.33. The second-order valence-corrected chi connectivity index (χ2v) is 6.95. The van der Waals surface area contributed by atoms with E-state index < -0.39 is 0 Å². The maximum Gasteiger partial charge on any atom is 0.148 e. The van der Waals surface area contributed by atoms with Gasteiger partial charge in [-0.3, -0.25) is 0 Å². The number of aromatic nitrogens is 2. The minimum Gasteiger partial charge on any atom is -0.362 e. The second kappa shape index (κ2) is 6.66. The fraction of sp³-hybridized carbons (Fsp3) is 0.444. The zero-order chi connectivity index (χ0) is 16.3. The van der Waals surface area contributed by atoms with Gasteiger partial charge in [-0.25, -0.2) is 9.97 Å². The zero-order valence-corrected chi connectivity index (χ0v) is 14.7. The Bertz CT molecular complexity index is 630. The van der Waals surface area contributed by atoms with Gasteiger partial charge in [-0.15, -0.1) is 0 Å². The lowest BCUT2D eigenvalue weighted by Gasteiger charge is -2.21. The number of nitrogens with zero attached hydrogens (tertiary/aromatic N) is 2. The molecule has 0 fully saturated rings. The summed E-state index contributed by atoms with van der Waals surface area (Å²) in [5, 5.41) is 3.99. The van der Waals surface area contributed by atoms with Crippen molar-refractivity contribution in [1.29, 1.82) is 0 Å². The molecule has 0 aliphatic rings. The van der Waals surface area contributed by atoms with E-state index in [4.69, 9.17) is 11.6 Å². The first kappa shape index (κ1) is 16.8. The summed E-state index contributed by atoms with van der Waals surface area (Å²) in [6.45, 7) is 10.8. The summed E-state index contributed by atoms with van der Waals surface area (Å²) in [7, 11) is 0. The summed E-state index contributed by atoms with van der Waals surface area (Å²) >= 11 is 6.34. The van der Waals surface area contributed by atoms with E-state index in [1.165, 1.54) is 11.1 Å². The molecular formula is C18H24ClN3. The van der Waals surface area contributed by atoms with E-state index in [9.17, 15) is 0 Å². The van der Waals surface area contributed by atoms with Crippen LogP contribution in [0.15, 0.2) is 30.6 Å². The summed E-state index contributed by atoms with van der Waals surface area (Å²) in [5.41, 5.74) is 3.58. The van der Waals surface area contributed by atoms with Crippen LogP contribution in [0.5, 0.6) is 0 Å². The van der Waals surface area contributed by atoms with Crippen LogP contribution in [0.2, 0.25) is 5.02 Å². The Balaban J connectivity index is 2.17. The normalized spacial score (nSPS) is 13.0.